The zero-order valence-electron chi connectivity index (χ0n) is 15.1. The minimum absolute atomic E-state index is 0.121. The lowest BCUT2D eigenvalue weighted by atomic mass is 10.1. The zero-order valence-corrected chi connectivity index (χ0v) is 15.1. The van der Waals surface area contributed by atoms with Gasteiger partial charge in [0.2, 0.25) is 0 Å². The minimum Gasteiger partial charge on any atom is -0.445 e. The van der Waals surface area contributed by atoms with Gasteiger partial charge in [-0.2, -0.15) is 0 Å². The number of benzene rings is 2. The number of rotatable bonds is 6. The number of ether oxygens (including phenoxy) is 1. The summed E-state index contributed by atoms with van der Waals surface area (Å²) in [6.45, 7) is 2.43. The van der Waals surface area contributed by atoms with Crippen LogP contribution in [0.15, 0.2) is 60.7 Å². The van der Waals surface area contributed by atoms with E-state index >= 15 is 0 Å². The van der Waals surface area contributed by atoms with Gasteiger partial charge in [-0.05, 0) is 17.5 Å². The van der Waals surface area contributed by atoms with Gasteiger partial charge in [-0.3, -0.25) is 4.90 Å². The van der Waals surface area contributed by atoms with Crippen molar-refractivity contribution in [3.8, 4) is 0 Å². The normalized spacial score (nSPS) is 18.5. The molecule has 1 aliphatic rings. The van der Waals surface area contributed by atoms with Crippen molar-refractivity contribution in [3.05, 3.63) is 71.8 Å². The Bertz CT molecular complexity index is 693. The molecule has 2 unspecified atom stereocenters. The number of likely N-dealkylation sites (N-methyl/N-ethyl adjacent to an activating group) is 1. The lowest BCUT2D eigenvalue weighted by molar-refractivity contribution is 0.0817. The molecule has 0 aliphatic carbocycles. The van der Waals surface area contributed by atoms with E-state index in [0.717, 1.165) is 24.1 Å². The number of aliphatic hydroxyl groups excluding tert-OH is 1. The van der Waals surface area contributed by atoms with Crippen molar-refractivity contribution in [1.82, 2.24) is 9.80 Å². The fourth-order valence-electron chi connectivity index (χ4n) is 3.30. The SMILES string of the molecule is CN(C(=O)OCc1ccccc1)C(CN1CCC(O)C1)c1ccccc1. The lowest BCUT2D eigenvalue weighted by Crippen LogP contribution is -2.39. The lowest BCUT2D eigenvalue weighted by Gasteiger charge is -2.31. The van der Waals surface area contributed by atoms with Gasteiger partial charge in [-0.1, -0.05) is 60.7 Å². The van der Waals surface area contributed by atoms with E-state index < -0.39 is 0 Å². The summed E-state index contributed by atoms with van der Waals surface area (Å²) in [7, 11) is 1.78. The smallest absolute Gasteiger partial charge is 0.410 e. The van der Waals surface area contributed by atoms with Gasteiger partial charge in [0.05, 0.1) is 12.1 Å². The molecule has 3 rings (SSSR count). The number of likely N-dealkylation sites (tertiary alicyclic amines) is 1. The zero-order chi connectivity index (χ0) is 18.4. The van der Waals surface area contributed by atoms with Crippen LogP contribution in [0.25, 0.3) is 0 Å². The summed E-state index contributed by atoms with van der Waals surface area (Å²) in [5.41, 5.74) is 2.03. The monoisotopic (exact) mass is 354 g/mol. The molecule has 0 saturated carbocycles. The van der Waals surface area contributed by atoms with Crippen molar-refractivity contribution in [3.63, 3.8) is 0 Å². The Morgan fingerprint density at radius 2 is 1.85 bits per heavy atom. The molecule has 26 heavy (non-hydrogen) atoms. The van der Waals surface area contributed by atoms with E-state index in [0.29, 0.717) is 13.1 Å². The second-order valence-corrected chi connectivity index (χ2v) is 6.78. The van der Waals surface area contributed by atoms with Gasteiger partial charge in [-0.25, -0.2) is 4.79 Å². The fraction of sp³-hybridized carbons (Fsp3) is 0.381. The minimum atomic E-state index is -0.345. The first-order valence-corrected chi connectivity index (χ1v) is 9.02. The van der Waals surface area contributed by atoms with Crippen molar-refractivity contribution in [2.24, 2.45) is 0 Å². The van der Waals surface area contributed by atoms with Gasteiger partial charge < -0.3 is 14.7 Å². The summed E-state index contributed by atoms with van der Waals surface area (Å²) in [5.74, 6) is 0. The van der Waals surface area contributed by atoms with Crippen LogP contribution in [0.4, 0.5) is 4.79 Å². The van der Waals surface area contributed by atoms with E-state index in [2.05, 4.69) is 4.90 Å². The van der Waals surface area contributed by atoms with Crippen LogP contribution in [0, 0.1) is 0 Å². The third kappa shape index (κ3) is 4.84. The third-order valence-corrected chi connectivity index (χ3v) is 4.82. The van der Waals surface area contributed by atoms with E-state index in [1.54, 1.807) is 11.9 Å². The number of aliphatic hydroxyl groups is 1. The third-order valence-electron chi connectivity index (χ3n) is 4.82. The van der Waals surface area contributed by atoms with Crippen molar-refractivity contribution >= 4 is 6.09 Å². The molecule has 5 heteroatoms. The molecule has 1 saturated heterocycles. The molecule has 0 radical (unpaired) electrons. The summed E-state index contributed by atoms with van der Waals surface area (Å²) in [4.78, 5) is 16.5. The molecule has 138 valence electrons. The molecule has 0 bridgehead atoms. The molecule has 2 aromatic rings. The van der Waals surface area contributed by atoms with Crippen LogP contribution in [0.5, 0.6) is 0 Å². The van der Waals surface area contributed by atoms with E-state index in [9.17, 15) is 9.90 Å². The molecule has 2 atom stereocenters. The first kappa shape index (κ1) is 18.4. The first-order chi connectivity index (χ1) is 12.6. The summed E-state index contributed by atoms with van der Waals surface area (Å²) in [6, 6.07) is 19.5. The molecule has 1 heterocycles. The van der Waals surface area contributed by atoms with Crippen LogP contribution in [0.3, 0.4) is 0 Å². The van der Waals surface area contributed by atoms with Crippen molar-refractivity contribution in [1.29, 1.82) is 0 Å². The highest BCUT2D eigenvalue weighted by Gasteiger charge is 2.28. The molecular formula is C21H26N2O3. The van der Waals surface area contributed by atoms with E-state index in [-0.39, 0.29) is 24.8 Å². The van der Waals surface area contributed by atoms with Crippen molar-refractivity contribution in [2.75, 3.05) is 26.7 Å². The molecule has 1 fully saturated rings. The van der Waals surface area contributed by atoms with Gasteiger partial charge in [0.1, 0.15) is 6.61 Å². The maximum atomic E-state index is 12.6. The summed E-state index contributed by atoms with van der Waals surface area (Å²) < 4.78 is 5.50. The quantitative estimate of drug-likeness (QED) is 0.866. The van der Waals surface area contributed by atoms with Crippen LogP contribution in [0.2, 0.25) is 0 Å². The number of hydrogen-bond donors (Lipinski definition) is 1. The Morgan fingerprint density at radius 1 is 1.19 bits per heavy atom. The standard InChI is InChI=1S/C21H26N2O3/c1-22(21(25)26-16-17-8-4-2-5-9-17)20(18-10-6-3-7-11-18)15-23-13-12-19(24)14-23/h2-11,19-20,24H,12-16H2,1H3. The van der Waals surface area contributed by atoms with Gasteiger partial charge >= 0.3 is 6.09 Å². The number of β-amino-alcohol motifs (C(OH)–C–C–N with tert-alkyl or cyclic N) is 1. The average molecular weight is 354 g/mol. The molecule has 1 amide bonds. The van der Waals surface area contributed by atoms with Crippen LogP contribution in [-0.4, -0.2) is 53.8 Å². The topological polar surface area (TPSA) is 53.0 Å². The van der Waals surface area contributed by atoms with Gasteiger partial charge in [0, 0.05) is 26.7 Å². The number of hydrogen-bond acceptors (Lipinski definition) is 4. The number of nitrogens with zero attached hydrogens (tertiary/aromatic N) is 2. The number of carbonyl (C=O) groups excluding carboxylic acids is 1. The molecule has 1 aliphatic heterocycles. The molecule has 0 spiro atoms. The molecule has 0 aromatic heterocycles. The number of carbonyl (C=O) groups is 1. The summed E-state index contributed by atoms with van der Waals surface area (Å²) >= 11 is 0. The molecule has 5 nitrogen and oxygen atoms in total. The molecule has 1 N–H and O–H groups in total. The first-order valence-electron chi connectivity index (χ1n) is 9.02. The average Bonchev–Trinajstić information content (AvgIpc) is 3.10. The van der Waals surface area contributed by atoms with Crippen LogP contribution in [-0.2, 0) is 11.3 Å². The molecular weight excluding hydrogens is 328 g/mol. The highest BCUT2D eigenvalue weighted by atomic mass is 16.6. The Balaban J connectivity index is 1.67. The maximum absolute atomic E-state index is 12.6. The Kier molecular flexibility index (Phi) is 6.26. The van der Waals surface area contributed by atoms with Crippen LogP contribution in [0.1, 0.15) is 23.6 Å². The second-order valence-electron chi connectivity index (χ2n) is 6.78. The predicted octanol–water partition coefficient (Wildman–Crippen LogP) is 3.06. The van der Waals surface area contributed by atoms with Gasteiger partial charge in [0.15, 0.2) is 0 Å². The Morgan fingerprint density at radius 3 is 2.46 bits per heavy atom. The highest BCUT2D eigenvalue weighted by Crippen LogP contribution is 2.23. The second kappa shape index (κ2) is 8.83. The number of amides is 1. The van der Waals surface area contributed by atoms with Crippen LogP contribution >= 0.6 is 0 Å². The van der Waals surface area contributed by atoms with Gasteiger partial charge in [0.25, 0.3) is 0 Å². The molecule has 2 aromatic carbocycles. The van der Waals surface area contributed by atoms with Gasteiger partial charge in [-0.15, -0.1) is 0 Å². The Hall–Kier alpha value is -2.37. The van der Waals surface area contributed by atoms with E-state index in [4.69, 9.17) is 4.74 Å². The van der Waals surface area contributed by atoms with E-state index in [1.807, 2.05) is 60.7 Å². The largest absolute Gasteiger partial charge is 0.445 e. The summed E-state index contributed by atoms with van der Waals surface area (Å²) in [5, 5.41) is 9.79. The van der Waals surface area contributed by atoms with Crippen molar-refractivity contribution in [2.45, 2.75) is 25.2 Å². The van der Waals surface area contributed by atoms with Crippen LogP contribution < -0.4 is 0 Å². The maximum Gasteiger partial charge on any atom is 0.410 e. The van der Waals surface area contributed by atoms with E-state index in [1.165, 1.54) is 0 Å². The fourth-order valence-corrected chi connectivity index (χ4v) is 3.30. The highest BCUT2D eigenvalue weighted by molar-refractivity contribution is 5.68. The summed E-state index contributed by atoms with van der Waals surface area (Å²) in [6.07, 6.45) is 0.160. The predicted molar refractivity (Wildman–Crippen MR) is 101 cm³/mol. The van der Waals surface area contributed by atoms with Crippen molar-refractivity contribution < 1.29 is 14.6 Å². The Labute approximate surface area is 154 Å².